The van der Waals surface area contributed by atoms with Crippen LogP contribution in [-0.2, 0) is 65.4 Å². The lowest BCUT2D eigenvalue weighted by molar-refractivity contribution is -0.161. The summed E-state index contributed by atoms with van der Waals surface area (Å²) in [5, 5.41) is 10.6. The number of carbonyl (C=O) groups excluding carboxylic acids is 4. The molecule has 86 heavy (non-hydrogen) atoms. The zero-order valence-corrected chi connectivity index (χ0v) is 57.6. The highest BCUT2D eigenvalue weighted by Gasteiger charge is 2.30. The molecule has 0 radical (unpaired) electrons. The topological polar surface area (TPSA) is 237 Å². The molecule has 0 aromatic heterocycles. The number of hydrogen-bond donors (Lipinski definition) is 3. The lowest BCUT2D eigenvalue weighted by atomic mass is 10.0. The van der Waals surface area contributed by atoms with Gasteiger partial charge in [0.15, 0.2) is 12.2 Å². The monoisotopic (exact) mass is 1270 g/mol. The van der Waals surface area contributed by atoms with Gasteiger partial charge < -0.3 is 33.8 Å². The third-order valence-electron chi connectivity index (χ3n) is 15.4. The van der Waals surface area contributed by atoms with Crippen LogP contribution in [0.3, 0.4) is 0 Å². The Bertz CT molecular complexity index is 1700. The van der Waals surface area contributed by atoms with Crippen molar-refractivity contribution < 1.29 is 80.2 Å². The molecule has 0 heterocycles. The van der Waals surface area contributed by atoms with E-state index in [-0.39, 0.29) is 25.7 Å². The van der Waals surface area contributed by atoms with Crippen LogP contribution in [0.2, 0.25) is 0 Å². The average molecular weight is 1270 g/mol. The summed E-state index contributed by atoms with van der Waals surface area (Å²) >= 11 is 0. The van der Waals surface area contributed by atoms with Gasteiger partial charge in [0.05, 0.1) is 26.4 Å². The Morgan fingerprint density at radius 2 is 0.535 bits per heavy atom. The van der Waals surface area contributed by atoms with E-state index >= 15 is 0 Å². The van der Waals surface area contributed by atoms with E-state index in [1.165, 1.54) is 135 Å². The fraction of sp³-hybridized carbons (Fsp3) is 0.940. The van der Waals surface area contributed by atoms with Crippen molar-refractivity contribution in [1.82, 2.24) is 0 Å². The molecule has 510 valence electrons. The molecule has 0 bridgehead atoms. The zero-order valence-electron chi connectivity index (χ0n) is 55.8. The maximum atomic E-state index is 13.0. The number of carbonyl (C=O) groups is 4. The van der Waals surface area contributed by atoms with Gasteiger partial charge >= 0.3 is 39.5 Å². The first-order valence-corrected chi connectivity index (χ1v) is 37.8. The lowest BCUT2D eigenvalue weighted by Gasteiger charge is -2.21. The van der Waals surface area contributed by atoms with Gasteiger partial charge in [-0.2, -0.15) is 0 Å². The number of hydrogen-bond acceptors (Lipinski definition) is 15. The molecule has 0 aliphatic heterocycles. The van der Waals surface area contributed by atoms with Crippen LogP contribution >= 0.6 is 15.6 Å². The first-order chi connectivity index (χ1) is 41.2. The fourth-order valence-corrected chi connectivity index (χ4v) is 11.6. The zero-order chi connectivity index (χ0) is 63.8. The predicted molar refractivity (Wildman–Crippen MR) is 344 cm³/mol. The summed E-state index contributed by atoms with van der Waals surface area (Å²) in [5.41, 5.74) is 0. The largest absolute Gasteiger partial charge is 0.472 e. The van der Waals surface area contributed by atoms with E-state index in [2.05, 4.69) is 48.5 Å². The van der Waals surface area contributed by atoms with Gasteiger partial charge in [-0.15, -0.1) is 0 Å². The first-order valence-electron chi connectivity index (χ1n) is 34.8. The predicted octanol–water partition coefficient (Wildman–Crippen LogP) is 18.7. The van der Waals surface area contributed by atoms with Crippen LogP contribution in [0.5, 0.6) is 0 Å². The third-order valence-corrected chi connectivity index (χ3v) is 17.3. The third kappa shape index (κ3) is 60.9. The standard InChI is InChI=1S/C67H130O17P2/c1-8-9-10-11-12-13-14-15-19-22-25-34-41-48-64(69)77-54-62(83-66(71)50-43-36-26-23-20-17-16-18-21-24-31-38-45-58(2)3)56-81-85(73,74)79-52-61(68)53-80-86(75,76)82-57-63(84-67(72)51-44-37-30-28-33-40-47-60(6)7)55-78-65(70)49-42-35-29-27-32-39-46-59(4)5/h58-63,68H,8-57H2,1-7H3,(H,73,74)(H,75,76)/t61-,62-,63-/m1/s1. The normalized spacial score (nSPS) is 14.3. The molecular weight excluding hydrogens is 1140 g/mol. The van der Waals surface area contributed by atoms with E-state index in [4.69, 9.17) is 37.0 Å². The fourth-order valence-electron chi connectivity index (χ4n) is 10.0. The Labute approximate surface area is 524 Å². The van der Waals surface area contributed by atoms with Crippen LogP contribution in [-0.4, -0.2) is 96.7 Å². The van der Waals surface area contributed by atoms with Gasteiger partial charge in [0.25, 0.3) is 0 Å². The molecule has 0 aliphatic carbocycles. The Kier molecular flexibility index (Phi) is 56.9. The van der Waals surface area contributed by atoms with Crippen molar-refractivity contribution in [2.24, 2.45) is 17.8 Å². The van der Waals surface area contributed by atoms with Crippen molar-refractivity contribution in [1.29, 1.82) is 0 Å². The second-order valence-electron chi connectivity index (χ2n) is 25.6. The van der Waals surface area contributed by atoms with Gasteiger partial charge in [-0.1, -0.05) is 280 Å². The van der Waals surface area contributed by atoms with E-state index in [0.29, 0.717) is 37.5 Å². The van der Waals surface area contributed by atoms with E-state index in [1.54, 1.807) is 0 Å². The van der Waals surface area contributed by atoms with Crippen LogP contribution in [0.15, 0.2) is 0 Å². The van der Waals surface area contributed by atoms with Crippen molar-refractivity contribution in [2.45, 2.75) is 349 Å². The number of aliphatic hydroxyl groups is 1. The number of phosphoric ester groups is 2. The van der Waals surface area contributed by atoms with Gasteiger partial charge in [-0.3, -0.25) is 37.3 Å². The highest BCUT2D eigenvalue weighted by Crippen LogP contribution is 2.45. The molecule has 3 N–H and O–H groups in total. The van der Waals surface area contributed by atoms with E-state index in [0.717, 1.165) is 102 Å². The maximum Gasteiger partial charge on any atom is 0.472 e. The molecule has 0 spiro atoms. The van der Waals surface area contributed by atoms with Crippen LogP contribution in [0.4, 0.5) is 0 Å². The Balaban J connectivity index is 5.23. The summed E-state index contributed by atoms with van der Waals surface area (Å²) in [6.45, 7) is 11.7. The van der Waals surface area contributed by atoms with Gasteiger partial charge in [-0.05, 0) is 43.4 Å². The molecule has 0 saturated carbocycles. The van der Waals surface area contributed by atoms with Crippen LogP contribution in [0.1, 0.15) is 331 Å². The van der Waals surface area contributed by atoms with E-state index in [9.17, 15) is 43.2 Å². The molecule has 0 aromatic carbocycles. The first kappa shape index (κ1) is 84.1. The molecule has 2 unspecified atom stereocenters. The average Bonchev–Trinajstić information content (AvgIpc) is 3.68. The Morgan fingerprint density at radius 1 is 0.314 bits per heavy atom. The summed E-state index contributed by atoms with van der Waals surface area (Å²) in [4.78, 5) is 72.3. The summed E-state index contributed by atoms with van der Waals surface area (Å²) in [6.07, 6.45) is 40.6. The summed E-state index contributed by atoms with van der Waals surface area (Å²) in [7, 11) is -9.89. The van der Waals surface area contributed by atoms with Crippen LogP contribution in [0, 0.1) is 17.8 Å². The maximum absolute atomic E-state index is 13.0. The number of phosphoric acid groups is 2. The molecule has 0 saturated heterocycles. The van der Waals surface area contributed by atoms with Crippen molar-refractivity contribution in [3.8, 4) is 0 Å². The van der Waals surface area contributed by atoms with Crippen molar-refractivity contribution >= 4 is 39.5 Å². The van der Waals surface area contributed by atoms with Crippen molar-refractivity contribution in [2.75, 3.05) is 39.6 Å². The lowest BCUT2D eigenvalue weighted by Crippen LogP contribution is -2.30. The summed E-state index contributed by atoms with van der Waals surface area (Å²) in [6, 6.07) is 0. The summed E-state index contributed by atoms with van der Waals surface area (Å²) in [5.74, 6) is -0.0103. The molecule has 19 heteroatoms. The minimum Gasteiger partial charge on any atom is -0.462 e. The SMILES string of the molecule is CCCCCCCCCCCCCCCC(=O)OC[C@H](COP(=O)(O)OC[C@@H](O)COP(=O)(O)OC[C@@H](COC(=O)CCCCCCCCC(C)C)OC(=O)CCCCCCCCC(C)C)OC(=O)CCCCCCCCCCCCCCC(C)C. The smallest absolute Gasteiger partial charge is 0.462 e. The highest BCUT2D eigenvalue weighted by atomic mass is 31.2. The molecule has 0 amide bonds. The minimum absolute atomic E-state index is 0.101. The number of unbranched alkanes of at least 4 members (excludes halogenated alkanes) is 33. The van der Waals surface area contributed by atoms with Gasteiger partial charge in [0.2, 0.25) is 0 Å². The number of aliphatic hydroxyl groups excluding tert-OH is 1. The van der Waals surface area contributed by atoms with Gasteiger partial charge in [0.1, 0.15) is 19.3 Å². The molecule has 5 atom stereocenters. The number of esters is 4. The van der Waals surface area contributed by atoms with Crippen LogP contribution in [0.25, 0.3) is 0 Å². The van der Waals surface area contributed by atoms with Crippen molar-refractivity contribution in [3.05, 3.63) is 0 Å². The molecule has 0 aromatic rings. The summed E-state index contributed by atoms with van der Waals surface area (Å²) < 4.78 is 68.1. The molecule has 17 nitrogen and oxygen atoms in total. The van der Waals surface area contributed by atoms with E-state index in [1.807, 2.05) is 0 Å². The van der Waals surface area contributed by atoms with Gasteiger partial charge in [0, 0.05) is 25.7 Å². The Hall–Kier alpha value is -1.94. The second-order valence-corrected chi connectivity index (χ2v) is 28.5. The van der Waals surface area contributed by atoms with Crippen LogP contribution < -0.4 is 0 Å². The Morgan fingerprint density at radius 3 is 0.791 bits per heavy atom. The van der Waals surface area contributed by atoms with Gasteiger partial charge in [-0.25, -0.2) is 9.13 Å². The quantitative estimate of drug-likeness (QED) is 0.0222. The number of rotatable bonds is 65. The number of ether oxygens (including phenoxy) is 4. The molecular formula is C67H130O17P2. The molecule has 0 aliphatic rings. The van der Waals surface area contributed by atoms with Crippen molar-refractivity contribution in [3.63, 3.8) is 0 Å². The van der Waals surface area contributed by atoms with E-state index < -0.39 is 97.5 Å². The highest BCUT2D eigenvalue weighted by molar-refractivity contribution is 7.47. The second kappa shape index (κ2) is 58.2. The molecule has 0 fully saturated rings. The minimum atomic E-state index is -4.95. The molecule has 0 rings (SSSR count).